The molecular weight excluding hydrogens is 515 g/mol. The molecule has 1 saturated carbocycles. The summed E-state index contributed by atoms with van der Waals surface area (Å²) in [7, 11) is -2.83. The van der Waals surface area contributed by atoms with Gasteiger partial charge in [-0.25, -0.2) is 0 Å². The monoisotopic (exact) mass is 572 g/mol. The van der Waals surface area contributed by atoms with Gasteiger partial charge in [0.15, 0.2) is 0 Å². The average Bonchev–Trinajstić information content (AvgIpc) is 3.46. The van der Waals surface area contributed by atoms with Gasteiger partial charge in [-0.1, -0.05) is 0 Å². The van der Waals surface area contributed by atoms with Gasteiger partial charge in [-0.15, -0.1) is 0 Å². The van der Waals surface area contributed by atoms with Crippen molar-refractivity contribution in [3.05, 3.63) is 0 Å². The molecule has 1 nitrogen and oxygen atoms in total. The van der Waals surface area contributed by atoms with Crippen molar-refractivity contribution in [1.29, 1.82) is 0 Å². The molecule has 0 aromatic carbocycles. The molecule has 3 atom stereocenters. The molecule has 182 valence electrons. The van der Waals surface area contributed by atoms with E-state index in [0.29, 0.717) is 5.92 Å². The van der Waals surface area contributed by atoms with Gasteiger partial charge in [0.05, 0.1) is 0 Å². The van der Waals surface area contributed by atoms with E-state index in [0.717, 1.165) is 16.5 Å². The van der Waals surface area contributed by atoms with Gasteiger partial charge in [0.25, 0.3) is 0 Å². The first-order valence-corrected chi connectivity index (χ1v) is 27.6. The van der Waals surface area contributed by atoms with E-state index >= 15 is 0 Å². The molecule has 0 N–H and O–H groups in total. The van der Waals surface area contributed by atoms with Gasteiger partial charge >= 0.3 is 204 Å². The predicted molar refractivity (Wildman–Crippen MR) is 150 cm³/mol. The Morgan fingerprint density at radius 2 is 1.19 bits per heavy atom. The van der Waals surface area contributed by atoms with Crippen molar-refractivity contribution in [1.82, 2.24) is 0 Å². The Bertz CT molecular complexity index is 526. The SMILES string of the molecule is CCC[CH2][Sn]([CH2]CCC)([CH2]CCC)[C@@H]1[C@@H](C#C[Si](C)(C)C)[C@@H]1CO[Si](CC)(CC)CC. The molecule has 0 bridgehead atoms. The summed E-state index contributed by atoms with van der Waals surface area (Å²) in [6.07, 6.45) is 8.52. The van der Waals surface area contributed by atoms with Crippen molar-refractivity contribution in [3.8, 4) is 11.5 Å². The van der Waals surface area contributed by atoms with E-state index in [4.69, 9.17) is 4.43 Å². The van der Waals surface area contributed by atoms with Crippen LogP contribution in [0.5, 0.6) is 0 Å². The van der Waals surface area contributed by atoms with Crippen molar-refractivity contribution >= 4 is 34.8 Å². The van der Waals surface area contributed by atoms with Crippen LogP contribution >= 0.6 is 0 Å². The van der Waals surface area contributed by atoms with Gasteiger partial charge in [-0.2, -0.15) is 0 Å². The summed E-state index contributed by atoms with van der Waals surface area (Å²) < 4.78 is 12.8. The van der Waals surface area contributed by atoms with E-state index in [2.05, 4.69) is 72.6 Å². The average molecular weight is 572 g/mol. The number of hydrogen-bond donors (Lipinski definition) is 0. The van der Waals surface area contributed by atoms with E-state index in [1.54, 1.807) is 13.3 Å². The van der Waals surface area contributed by atoms with E-state index in [1.807, 2.05) is 0 Å². The second-order valence-electron chi connectivity index (χ2n) is 11.5. The first-order chi connectivity index (χ1) is 14.7. The minimum absolute atomic E-state index is 0.686. The molecule has 1 fully saturated rings. The van der Waals surface area contributed by atoms with E-state index < -0.39 is 34.8 Å². The number of rotatable bonds is 16. The number of unbranched alkanes of at least 4 members (excludes halogenated alkanes) is 3. The van der Waals surface area contributed by atoms with Gasteiger partial charge in [0.2, 0.25) is 0 Å². The van der Waals surface area contributed by atoms with Crippen molar-refractivity contribution in [2.45, 2.75) is 135 Å². The zero-order valence-corrected chi connectivity index (χ0v) is 27.7. The third-order valence-electron chi connectivity index (χ3n) is 8.09. The first-order valence-electron chi connectivity index (χ1n) is 13.8. The second-order valence-corrected chi connectivity index (χ2v) is 34.9. The third kappa shape index (κ3) is 9.14. The third-order valence-corrected chi connectivity index (χ3v) is 31.5. The molecule has 1 aliphatic rings. The topological polar surface area (TPSA) is 9.23 Å². The molecule has 0 saturated heterocycles. The molecule has 0 spiro atoms. The van der Waals surface area contributed by atoms with Crippen LogP contribution in [-0.2, 0) is 4.43 Å². The Morgan fingerprint density at radius 1 is 0.742 bits per heavy atom. The summed E-state index contributed by atoms with van der Waals surface area (Å²) in [6, 6.07) is 3.83. The normalized spacial score (nSPS) is 21.6. The Labute approximate surface area is 203 Å². The molecule has 0 aliphatic heterocycles. The fraction of sp³-hybridized carbons (Fsp3) is 0.926. The second kappa shape index (κ2) is 14.2. The molecule has 0 unspecified atom stereocenters. The van der Waals surface area contributed by atoms with Gasteiger partial charge in [0, 0.05) is 0 Å². The van der Waals surface area contributed by atoms with Crippen LogP contribution in [0.3, 0.4) is 0 Å². The van der Waals surface area contributed by atoms with Crippen molar-refractivity contribution in [3.63, 3.8) is 0 Å². The molecule has 0 radical (unpaired) electrons. The van der Waals surface area contributed by atoms with Gasteiger partial charge < -0.3 is 0 Å². The Hall–Kier alpha value is 0.752. The Balaban J connectivity index is 3.21. The summed E-state index contributed by atoms with van der Waals surface area (Å²) in [5, 5.41) is 0. The predicted octanol–water partition coefficient (Wildman–Crippen LogP) is 9.35. The zero-order valence-electron chi connectivity index (χ0n) is 22.8. The zero-order chi connectivity index (χ0) is 23.5. The van der Waals surface area contributed by atoms with Crippen molar-refractivity contribution in [2.75, 3.05) is 6.61 Å². The summed E-state index contributed by atoms with van der Waals surface area (Å²) in [5.41, 5.74) is 3.80. The van der Waals surface area contributed by atoms with Crippen LogP contribution in [0.2, 0.25) is 55.0 Å². The van der Waals surface area contributed by atoms with Crippen LogP contribution in [0, 0.1) is 23.3 Å². The van der Waals surface area contributed by atoms with Crippen LogP contribution in [0.25, 0.3) is 0 Å². The maximum absolute atomic E-state index is 6.92. The van der Waals surface area contributed by atoms with Crippen LogP contribution in [0.1, 0.15) is 80.1 Å². The molecule has 0 aromatic rings. The molecular formula is C27H56OSi2Sn. The van der Waals surface area contributed by atoms with E-state index in [1.165, 1.54) is 56.7 Å². The standard InChI is InChI=1S/C15H29OSi2.3C4H9.Sn/c1-7-18(8-2,9-3)16-13-15-12-14(15)10-11-17(4,5)6;3*1-3-4-2;/h12,14-15H,7-9,13H2,1-6H3;3*1,3-4H2,2H3;/t14-,15+;;;;/m1..../s1. The quantitative estimate of drug-likeness (QED) is 0.133. The molecule has 4 heteroatoms. The van der Waals surface area contributed by atoms with Gasteiger partial charge in [-0.05, 0) is 0 Å². The van der Waals surface area contributed by atoms with Gasteiger partial charge in [-0.3, -0.25) is 0 Å². The molecule has 31 heavy (non-hydrogen) atoms. The van der Waals surface area contributed by atoms with Crippen molar-refractivity contribution < 1.29 is 4.43 Å². The molecule has 0 aromatic heterocycles. The van der Waals surface area contributed by atoms with E-state index in [-0.39, 0.29) is 0 Å². The summed E-state index contributed by atoms with van der Waals surface area (Å²) in [5.74, 6) is 5.39. The van der Waals surface area contributed by atoms with Gasteiger partial charge in [0.1, 0.15) is 0 Å². The number of hydrogen-bond acceptors (Lipinski definition) is 1. The first kappa shape index (κ1) is 29.8. The van der Waals surface area contributed by atoms with Crippen LogP contribution in [0.4, 0.5) is 0 Å². The molecule has 1 rings (SSSR count). The fourth-order valence-corrected chi connectivity index (χ4v) is 29.3. The summed E-state index contributed by atoms with van der Waals surface area (Å²) in [6.45, 7) is 22.6. The van der Waals surface area contributed by atoms with Crippen LogP contribution in [0.15, 0.2) is 0 Å². The van der Waals surface area contributed by atoms with E-state index in [9.17, 15) is 0 Å². The summed E-state index contributed by atoms with van der Waals surface area (Å²) in [4.78, 5) is 0. The Morgan fingerprint density at radius 3 is 1.55 bits per heavy atom. The summed E-state index contributed by atoms with van der Waals surface area (Å²) >= 11 is -2.26. The Kier molecular flexibility index (Phi) is 13.7. The molecule has 0 heterocycles. The molecule has 0 amide bonds. The van der Waals surface area contributed by atoms with Crippen LogP contribution in [-0.4, -0.2) is 41.4 Å². The maximum atomic E-state index is 6.92. The van der Waals surface area contributed by atoms with Crippen LogP contribution < -0.4 is 0 Å². The molecule has 1 aliphatic carbocycles. The minimum atomic E-state index is -2.26. The fourth-order valence-electron chi connectivity index (χ4n) is 5.70. The van der Waals surface area contributed by atoms with Crippen molar-refractivity contribution in [2.24, 2.45) is 11.8 Å².